The molecule has 0 aliphatic carbocycles. The second-order valence-corrected chi connectivity index (χ2v) is 27.3. The van der Waals surface area contributed by atoms with Gasteiger partial charge in [0.15, 0.2) is 0 Å². The molecule has 0 spiro atoms. The first-order valence-corrected chi connectivity index (χ1v) is 31.8. The Hall–Kier alpha value is -3.12. The van der Waals surface area contributed by atoms with E-state index in [-0.39, 0.29) is 28.6 Å². The molecule has 0 saturated carbocycles. The van der Waals surface area contributed by atoms with Gasteiger partial charge in [-0.3, -0.25) is 9.59 Å². The largest absolute Gasteiger partial charge is 0.306 e. The third-order valence-corrected chi connectivity index (χ3v) is 23.4. The van der Waals surface area contributed by atoms with Gasteiger partial charge in [-0.05, 0) is 110 Å². The number of hydrogen-bond donors (Lipinski definition) is 0. The summed E-state index contributed by atoms with van der Waals surface area (Å²) in [4.78, 5) is 45.3. The molecule has 6 aromatic rings. The first-order valence-electron chi connectivity index (χ1n) is 26.8. The van der Waals surface area contributed by atoms with Crippen molar-refractivity contribution in [2.75, 3.05) is 13.1 Å². The fourth-order valence-corrected chi connectivity index (χ4v) is 17.8. The zero-order valence-electron chi connectivity index (χ0n) is 43.5. The highest BCUT2D eigenvalue weighted by atomic mass is 32.1. The average Bonchev–Trinajstić information content (AvgIpc) is 4.21. The lowest BCUT2D eigenvalue weighted by atomic mass is 9.84. The van der Waals surface area contributed by atoms with Crippen LogP contribution >= 0.6 is 68.0 Å². The molecule has 5 unspecified atom stereocenters. The molecule has 0 aromatic carbocycles. The summed E-state index contributed by atoms with van der Waals surface area (Å²) in [6, 6.07) is 22.6. The lowest BCUT2D eigenvalue weighted by Crippen LogP contribution is -2.34. The minimum Gasteiger partial charge on any atom is -0.306 e. The standard InChI is InChI=1S/C60H78N2O2S6/c1-10-14-16-18-19-21-22-26-40(5)38-61-55(44-31-30-43(67-44)46-36-47-48(68-46)37-52(70-47)60(9,13-4)50-29-25-35-66-50)53-54(57(61)63)56(45-32-33-51(69-45)59(8,12-3)49-28-24-34-65-49)62(58(53)64)39-42(7)41(6)27-23-20-17-15-11-2/h24-25,28-37,40-42H,10-23,26-27,38-39H2,1-9H3. The van der Waals surface area contributed by atoms with Gasteiger partial charge in [0.1, 0.15) is 0 Å². The zero-order valence-corrected chi connectivity index (χ0v) is 48.4. The molecule has 0 fully saturated rings. The maximum absolute atomic E-state index is 15.6. The molecule has 4 nitrogen and oxygen atoms in total. The van der Waals surface area contributed by atoms with Gasteiger partial charge in [0.05, 0.1) is 32.3 Å². The number of carbonyl (C=O) groups excluding carboxylic acids is 2. The minimum absolute atomic E-state index is 0.00539. The van der Waals surface area contributed by atoms with E-state index < -0.39 is 0 Å². The van der Waals surface area contributed by atoms with Gasteiger partial charge in [-0.2, -0.15) is 0 Å². The van der Waals surface area contributed by atoms with E-state index in [0.717, 1.165) is 46.8 Å². The number of hydrogen-bond acceptors (Lipinski definition) is 8. The van der Waals surface area contributed by atoms with Gasteiger partial charge in [0.2, 0.25) is 0 Å². The number of amides is 2. The molecule has 5 atom stereocenters. The van der Waals surface area contributed by atoms with Crippen molar-refractivity contribution < 1.29 is 9.59 Å². The van der Waals surface area contributed by atoms with Crippen LogP contribution in [0.3, 0.4) is 0 Å². The van der Waals surface area contributed by atoms with Crippen molar-refractivity contribution in [3.05, 3.63) is 112 Å². The molecule has 70 heavy (non-hydrogen) atoms. The maximum Gasteiger partial charge on any atom is 0.261 e. The zero-order chi connectivity index (χ0) is 49.6. The van der Waals surface area contributed by atoms with E-state index in [2.05, 4.69) is 134 Å². The SMILES string of the molecule is CCCCCCCCCC(C)CN1C(=O)C2=C(c3ccc(C(C)(CC)c4cccs4)s3)N(CC(C)C(C)CCCCCCC)C(=O)C2=C1c1ccc(-c2cc3sc(C(C)(CC)c4cccs4)cc3s2)s1. The molecule has 6 aromatic heterocycles. The fraction of sp³-hybridized carbons (Fsp3) is 0.533. The van der Waals surface area contributed by atoms with Crippen LogP contribution in [0.4, 0.5) is 0 Å². The molecule has 0 radical (unpaired) electrons. The van der Waals surface area contributed by atoms with Crippen molar-refractivity contribution in [1.29, 1.82) is 0 Å². The molecule has 0 saturated heterocycles. The van der Waals surface area contributed by atoms with Crippen LogP contribution in [0.5, 0.6) is 0 Å². The van der Waals surface area contributed by atoms with Crippen molar-refractivity contribution in [3.63, 3.8) is 0 Å². The molecule has 8 rings (SSSR count). The first kappa shape index (κ1) is 53.2. The highest BCUT2D eigenvalue weighted by Gasteiger charge is 2.50. The van der Waals surface area contributed by atoms with Crippen LogP contribution in [0, 0.1) is 17.8 Å². The van der Waals surface area contributed by atoms with Gasteiger partial charge in [-0.25, -0.2) is 0 Å². The Bertz CT molecular complexity index is 2690. The van der Waals surface area contributed by atoms with Crippen molar-refractivity contribution in [2.45, 2.75) is 176 Å². The Labute approximate surface area is 445 Å². The predicted octanol–water partition coefficient (Wildman–Crippen LogP) is 19.5. The van der Waals surface area contributed by atoms with E-state index in [1.807, 2.05) is 55.1 Å². The van der Waals surface area contributed by atoms with Crippen LogP contribution in [0.1, 0.15) is 194 Å². The highest BCUT2D eigenvalue weighted by molar-refractivity contribution is 7.31. The van der Waals surface area contributed by atoms with Crippen LogP contribution in [0.25, 0.3) is 30.5 Å². The van der Waals surface area contributed by atoms with E-state index in [0.29, 0.717) is 36.1 Å². The van der Waals surface area contributed by atoms with Crippen LogP contribution in [-0.2, 0) is 20.4 Å². The summed E-state index contributed by atoms with van der Waals surface area (Å²) in [5.41, 5.74) is 2.75. The van der Waals surface area contributed by atoms with Gasteiger partial charge in [-0.1, -0.05) is 144 Å². The van der Waals surface area contributed by atoms with E-state index >= 15 is 9.59 Å². The molecule has 0 N–H and O–H groups in total. The summed E-state index contributed by atoms with van der Waals surface area (Å²) in [5.74, 6) is 1.02. The molecule has 10 heteroatoms. The Morgan fingerprint density at radius 2 is 1.00 bits per heavy atom. The molecule has 0 bridgehead atoms. The van der Waals surface area contributed by atoms with E-state index in [9.17, 15) is 0 Å². The van der Waals surface area contributed by atoms with Crippen LogP contribution < -0.4 is 0 Å². The van der Waals surface area contributed by atoms with Crippen LogP contribution in [-0.4, -0.2) is 34.7 Å². The maximum atomic E-state index is 15.6. The number of rotatable bonds is 28. The van der Waals surface area contributed by atoms with E-state index in [1.54, 1.807) is 22.7 Å². The molecular weight excluding hydrogens is 973 g/mol. The predicted molar refractivity (Wildman–Crippen MR) is 310 cm³/mol. The van der Waals surface area contributed by atoms with Crippen molar-refractivity contribution in [1.82, 2.24) is 9.80 Å². The summed E-state index contributed by atoms with van der Waals surface area (Å²) >= 11 is 11.0. The van der Waals surface area contributed by atoms with Gasteiger partial charge in [0, 0.05) is 62.6 Å². The van der Waals surface area contributed by atoms with Gasteiger partial charge in [-0.15, -0.1) is 68.0 Å². The second kappa shape index (κ2) is 23.8. The second-order valence-electron chi connectivity index (χ2n) is 21.1. The summed E-state index contributed by atoms with van der Waals surface area (Å²) in [7, 11) is 0. The Kier molecular flexibility index (Phi) is 18.1. The van der Waals surface area contributed by atoms with Crippen molar-refractivity contribution in [2.24, 2.45) is 17.8 Å². The Morgan fingerprint density at radius 1 is 0.486 bits per heavy atom. The van der Waals surface area contributed by atoms with E-state index in [1.165, 1.54) is 116 Å². The number of fused-ring (bicyclic) bond motifs is 2. The van der Waals surface area contributed by atoms with Crippen molar-refractivity contribution >= 4 is 101 Å². The van der Waals surface area contributed by atoms with Gasteiger partial charge in [0.25, 0.3) is 11.8 Å². The van der Waals surface area contributed by atoms with Crippen molar-refractivity contribution in [3.8, 4) is 9.75 Å². The topological polar surface area (TPSA) is 40.6 Å². The summed E-state index contributed by atoms with van der Waals surface area (Å²) in [6.45, 7) is 22.1. The number of carbonyl (C=O) groups is 2. The Balaban J connectivity index is 1.18. The average molecular weight is 1050 g/mol. The molecule has 2 aliphatic rings. The van der Waals surface area contributed by atoms with Gasteiger partial charge >= 0.3 is 0 Å². The number of unbranched alkanes of at least 4 members (excludes halogenated alkanes) is 10. The third kappa shape index (κ3) is 11.0. The Morgan fingerprint density at radius 3 is 1.57 bits per heavy atom. The third-order valence-electron chi connectivity index (χ3n) is 15.9. The lowest BCUT2D eigenvalue weighted by molar-refractivity contribution is -0.124. The first-order chi connectivity index (χ1) is 33.9. The molecule has 376 valence electrons. The smallest absolute Gasteiger partial charge is 0.261 e. The number of nitrogens with zero attached hydrogens (tertiary/aromatic N) is 2. The molecule has 2 amide bonds. The van der Waals surface area contributed by atoms with Gasteiger partial charge < -0.3 is 9.80 Å². The lowest BCUT2D eigenvalue weighted by Gasteiger charge is -2.29. The minimum atomic E-state index is -0.151. The summed E-state index contributed by atoms with van der Waals surface area (Å²) in [6.07, 6.45) is 19.5. The number of thiophene rings is 6. The molecular formula is C60H78N2O2S6. The van der Waals surface area contributed by atoms with E-state index in [4.69, 9.17) is 0 Å². The quantitative estimate of drug-likeness (QED) is 0.0460. The molecule has 2 aliphatic heterocycles. The molecule has 8 heterocycles. The normalized spacial score (nSPS) is 17.3. The fourth-order valence-electron chi connectivity index (χ4n) is 10.6. The summed E-state index contributed by atoms with van der Waals surface area (Å²) in [5, 5.41) is 4.37. The van der Waals surface area contributed by atoms with Crippen LogP contribution in [0.15, 0.2) is 82.6 Å². The summed E-state index contributed by atoms with van der Waals surface area (Å²) < 4.78 is 2.66. The van der Waals surface area contributed by atoms with Crippen LogP contribution in [0.2, 0.25) is 0 Å². The highest BCUT2D eigenvalue weighted by Crippen LogP contribution is 2.53. The monoisotopic (exact) mass is 1050 g/mol.